The van der Waals surface area contributed by atoms with Gasteiger partial charge >= 0.3 is 0 Å². The molecule has 0 spiro atoms. The lowest BCUT2D eigenvalue weighted by Crippen LogP contribution is -1.88. The average molecular weight is 295 g/mol. The summed E-state index contributed by atoms with van der Waals surface area (Å²) >= 11 is 0. The van der Waals surface area contributed by atoms with Crippen molar-refractivity contribution in [1.29, 1.82) is 0 Å². The van der Waals surface area contributed by atoms with Crippen LogP contribution in [0.1, 0.15) is 42.5 Å². The minimum absolute atomic E-state index is 0.847. The van der Waals surface area contributed by atoms with Crippen molar-refractivity contribution < 1.29 is 0 Å². The van der Waals surface area contributed by atoms with E-state index in [1.54, 1.807) is 0 Å². The van der Waals surface area contributed by atoms with Crippen LogP contribution in [0.5, 0.6) is 0 Å². The van der Waals surface area contributed by atoms with Crippen molar-refractivity contribution >= 4 is 5.69 Å². The van der Waals surface area contributed by atoms with Gasteiger partial charge in [0.05, 0.1) is 0 Å². The maximum atomic E-state index is 5.62. The zero-order valence-electron chi connectivity index (χ0n) is 14.6. The van der Waals surface area contributed by atoms with Gasteiger partial charge in [0.15, 0.2) is 0 Å². The predicted molar refractivity (Wildman–Crippen MR) is 100 cm³/mol. The van der Waals surface area contributed by atoms with E-state index in [4.69, 9.17) is 12.2 Å². The first-order valence-electron chi connectivity index (χ1n) is 7.76. The molecule has 0 saturated carbocycles. The summed E-state index contributed by atoms with van der Waals surface area (Å²) in [5.41, 5.74) is 11.6. The molecule has 0 aromatic heterocycles. The van der Waals surface area contributed by atoms with E-state index >= 15 is 0 Å². The molecule has 2 N–H and O–H groups in total. The molecular formula is C21H29N. The Hall–Kier alpha value is -2.20. The molecule has 0 aliphatic heterocycles. The number of hydrogen-bond acceptors (Lipinski definition) is 1. The molecule has 22 heavy (non-hydrogen) atoms. The van der Waals surface area contributed by atoms with Gasteiger partial charge in [-0.2, -0.15) is 0 Å². The number of hydrogen-bond donors (Lipinski definition) is 1. The number of terminal acetylenes is 1. The largest absolute Gasteiger partial charge is 0.399 e. The summed E-state index contributed by atoms with van der Waals surface area (Å²) in [6, 6.07) is 14.7. The fourth-order valence-electron chi connectivity index (χ4n) is 1.58. The molecule has 0 saturated heterocycles. The summed E-state index contributed by atoms with van der Waals surface area (Å²) in [7, 11) is 0. The molecule has 2 aromatic carbocycles. The molecule has 1 heteroatoms. The smallest absolute Gasteiger partial charge is 0.0346 e. The second-order valence-corrected chi connectivity index (χ2v) is 5.26. The predicted octanol–water partition coefficient (Wildman–Crippen LogP) is 5.47. The van der Waals surface area contributed by atoms with Crippen molar-refractivity contribution in [1.82, 2.24) is 0 Å². The van der Waals surface area contributed by atoms with Crippen molar-refractivity contribution in [3.05, 3.63) is 64.7 Å². The maximum Gasteiger partial charge on any atom is 0.0346 e. The first kappa shape index (κ1) is 19.8. The molecule has 0 heterocycles. The van der Waals surface area contributed by atoms with Crippen LogP contribution in [0.3, 0.4) is 0 Å². The van der Waals surface area contributed by atoms with Crippen LogP contribution in [0, 0.1) is 33.1 Å². The first-order valence-corrected chi connectivity index (χ1v) is 7.76. The quantitative estimate of drug-likeness (QED) is 0.547. The minimum Gasteiger partial charge on any atom is -0.399 e. The van der Waals surface area contributed by atoms with Crippen LogP contribution in [0.15, 0.2) is 42.5 Å². The normalized spacial score (nSPS) is 8.73. The summed E-state index contributed by atoms with van der Waals surface area (Å²) in [5.74, 6) is 2.43. The molecule has 2 rings (SSSR count). The maximum absolute atomic E-state index is 5.62. The first-order chi connectivity index (χ1) is 10.4. The molecule has 0 amide bonds. The van der Waals surface area contributed by atoms with Gasteiger partial charge in [0.1, 0.15) is 0 Å². The second-order valence-electron chi connectivity index (χ2n) is 5.26. The molecule has 0 unspecified atom stereocenters. The Balaban J connectivity index is 0.000000326. The Morgan fingerprint density at radius 1 is 0.909 bits per heavy atom. The molecule has 1 nitrogen and oxygen atoms in total. The van der Waals surface area contributed by atoms with Gasteiger partial charge < -0.3 is 5.73 Å². The van der Waals surface area contributed by atoms with Crippen LogP contribution >= 0.6 is 0 Å². The standard InChI is InChI=1S/C9H12.C8H11N.C4H6/c1-3-9-6-4-8(2)5-7-9;1-6-3-4-7(2)8(9)5-6;1-3-4-2/h4-7H,3H2,1-2H3;3-5H,9H2,1-2H3;1H,4H2,2H3. The zero-order valence-corrected chi connectivity index (χ0v) is 14.6. The van der Waals surface area contributed by atoms with Crippen LogP contribution in [0.25, 0.3) is 0 Å². The van der Waals surface area contributed by atoms with Crippen LogP contribution in [0.4, 0.5) is 5.69 Å². The van der Waals surface area contributed by atoms with E-state index in [-0.39, 0.29) is 0 Å². The molecule has 2 aromatic rings. The number of anilines is 1. The molecule has 0 atom stereocenters. The molecular weight excluding hydrogens is 266 g/mol. The Morgan fingerprint density at radius 3 is 1.77 bits per heavy atom. The molecule has 0 bridgehead atoms. The van der Waals surface area contributed by atoms with Crippen LogP contribution in [-0.2, 0) is 6.42 Å². The highest BCUT2D eigenvalue weighted by Gasteiger charge is 1.89. The summed E-state index contributed by atoms with van der Waals surface area (Å²) in [6.07, 6.45) is 6.76. The van der Waals surface area contributed by atoms with Crippen molar-refractivity contribution in [2.45, 2.75) is 47.5 Å². The Bertz CT molecular complexity index is 574. The molecule has 0 aliphatic rings. The van der Waals surface area contributed by atoms with Gasteiger partial charge in [-0.25, -0.2) is 0 Å². The van der Waals surface area contributed by atoms with Crippen LogP contribution in [0.2, 0.25) is 0 Å². The number of benzene rings is 2. The second kappa shape index (κ2) is 11.5. The van der Waals surface area contributed by atoms with E-state index < -0.39 is 0 Å². The Kier molecular flexibility index (Phi) is 10.3. The Morgan fingerprint density at radius 2 is 1.41 bits per heavy atom. The summed E-state index contributed by atoms with van der Waals surface area (Å²) < 4.78 is 0. The van der Waals surface area contributed by atoms with E-state index in [1.807, 2.05) is 32.9 Å². The highest BCUT2D eigenvalue weighted by molar-refractivity contribution is 5.47. The molecule has 118 valence electrons. The lowest BCUT2D eigenvalue weighted by Gasteiger charge is -1.98. The highest BCUT2D eigenvalue weighted by Crippen LogP contribution is 2.11. The van der Waals surface area contributed by atoms with Gasteiger partial charge in [-0.3, -0.25) is 0 Å². The van der Waals surface area contributed by atoms with Crippen molar-refractivity contribution in [3.8, 4) is 12.3 Å². The van der Waals surface area contributed by atoms with Gasteiger partial charge in [-0.15, -0.1) is 12.3 Å². The number of rotatable bonds is 1. The van der Waals surface area contributed by atoms with Gasteiger partial charge in [0.2, 0.25) is 0 Å². The van der Waals surface area contributed by atoms with Gasteiger partial charge in [0, 0.05) is 12.1 Å². The van der Waals surface area contributed by atoms with Crippen LogP contribution < -0.4 is 5.73 Å². The molecule has 0 radical (unpaired) electrons. The topological polar surface area (TPSA) is 26.0 Å². The van der Waals surface area contributed by atoms with E-state index in [0.717, 1.165) is 24.1 Å². The highest BCUT2D eigenvalue weighted by atomic mass is 14.5. The minimum atomic E-state index is 0.847. The van der Waals surface area contributed by atoms with E-state index in [0.29, 0.717) is 0 Å². The van der Waals surface area contributed by atoms with Gasteiger partial charge in [-0.05, 0) is 49.9 Å². The lowest BCUT2D eigenvalue weighted by molar-refractivity contribution is 1.14. The van der Waals surface area contributed by atoms with Crippen molar-refractivity contribution in [2.75, 3.05) is 5.73 Å². The van der Waals surface area contributed by atoms with E-state index in [2.05, 4.69) is 50.1 Å². The third-order valence-electron chi connectivity index (χ3n) is 3.17. The summed E-state index contributed by atoms with van der Waals surface area (Å²) in [6.45, 7) is 10.3. The fourth-order valence-corrected chi connectivity index (χ4v) is 1.58. The van der Waals surface area contributed by atoms with Crippen molar-refractivity contribution in [2.24, 2.45) is 0 Å². The third-order valence-corrected chi connectivity index (χ3v) is 3.17. The summed E-state index contributed by atoms with van der Waals surface area (Å²) in [5, 5.41) is 0. The molecule has 0 fully saturated rings. The van der Waals surface area contributed by atoms with Gasteiger partial charge in [-0.1, -0.05) is 55.8 Å². The third kappa shape index (κ3) is 8.87. The SMILES string of the molecule is C#CCC.CCc1ccc(C)cc1.Cc1ccc(C)c(N)c1. The van der Waals surface area contributed by atoms with Crippen LogP contribution in [-0.4, -0.2) is 0 Å². The Labute approximate surface area is 136 Å². The number of aryl methyl sites for hydroxylation is 4. The lowest BCUT2D eigenvalue weighted by atomic mass is 10.1. The van der Waals surface area contributed by atoms with Crippen molar-refractivity contribution in [3.63, 3.8) is 0 Å². The fraction of sp³-hybridized carbons (Fsp3) is 0.333. The zero-order chi connectivity index (χ0) is 17.0. The monoisotopic (exact) mass is 295 g/mol. The summed E-state index contributed by atoms with van der Waals surface area (Å²) in [4.78, 5) is 0. The van der Waals surface area contributed by atoms with E-state index in [9.17, 15) is 0 Å². The number of nitrogens with two attached hydrogens (primary N) is 1. The number of nitrogen functional groups attached to an aromatic ring is 1. The van der Waals surface area contributed by atoms with Gasteiger partial charge in [0.25, 0.3) is 0 Å². The van der Waals surface area contributed by atoms with E-state index in [1.165, 1.54) is 16.7 Å². The molecule has 0 aliphatic carbocycles. The average Bonchev–Trinajstić information content (AvgIpc) is 2.53.